The summed E-state index contributed by atoms with van der Waals surface area (Å²) in [7, 11) is 0. The molecule has 0 saturated carbocycles. The van der Waals surface area contributed by atoms with E-state index in [9.17, 15) is 9.59 Å². The molecule has 2 aromatic rings. The Hall–Kier alpha value is -2.34. The lowest BCUT2D eigenvalue weighted by molar-refractivity contribution is 0.0950. The molecule has 0 aliphatic heterocycles. The van der Waals surface area contributed by atoms with Gasteiger partial charge < -0.3 is 10.6 Å². The highest BCUT2D eigenvalue weighted by molar-refractivity contribution is 7.99. The maximum Gasteiger partial charge on any atom is 0.255 e. The van der Waals surface area contributed by atoms with Crippen molar-refractivity contribution in [2.75, 3.05) is 17.6 Å². The van der Waals surface area contributed by atoms with Crippen molar-refractivity contribution in [1.82, 2.24) is 10.3 Å². The number of nitrogens with one attached hydrogen (secondary N) is 2. The van der Waals surface area contributed by atoms with E-state index in [1.807, 2.05) is 20.8 Å². The summed E-state index contributed by atoms with van der Waals surface area (Å²) in [6, 6.07) is 10.4. The molecule has 0 fully saturated rings. The molecular weight excluding hydrogens is 334 g/mol. The number of para-hydroxylation sites is 1. The summed E-state index contributed by atoms with van der Waals surface area (Å²) in [4.78, 5) is 29.1. The summed E-state index contributed by atoms with van der Waals surface area (Å²) in [5.41, 5.74) is 1.47. The fourth-order valence-corrected chi connectivity index (χ4v) is 2.80. The monoisotopic (exact) mass is 357 g/mol. The minimum atomic E-state index is -0.260. The second-order valence-corrected chi connectivity index (χ2v) is 7.20. The summed E-state index contributed by atoms with van der Waals surface area (Å²) >= 11 is 1.58. The standard InChI is InChI=1S/C19H23N3O2S/c1-4-25-17-11-14(9-10-20-17)18(23)22-16-8-6-5-7-15(16)19(24)21-12-13(2)3/h5-11,13H,4,12H2,1-3H3,(H,21,24)(H,22,23). The number of thioether (sulfide) groups is 1. The number of hydrogen-bond acceptors (Lipinski definition) is 4. The van der Waals surface area contributed by atoms with Crippen LogP contribution in [0.2, 0.25) is 0 Å². The first-order valence-electron chi connectivity index (χ1n) is 8.28. The van der Waals surface area contributed by atoms with Crippen LogP contribution in [0.4, 0.5) is 5.69 Å². The second kappa shape index (κ2) is 9.22. The number of aromatic nitrogens is 1. The molecule has 0 aliphatic rings. The van der Waals surface area contributed by atoms with Gasteiger partial charge in [0.15, 0.2) is 0 Å². The lowest BCUT2D eigenvalue weighted by Gasteiger charge is -2.12. The highest BCUT2D eigenvalue weighted by Crippen LogP contribution is 2.19. The van der Waals surface area contributed by atoms with E-state index in [0.29, 0.717) is 29.3 Å². The fourth-order valence-electron chi connectivity index (χ4n) is 2.15. The Labute approximate surface area is 152 Å². The highest BCUT2D eigenvalue weighted by Gasteiger charge is 2.14. The molecule has 0 unspecified atom stereocenters. The van der Waals surface area contributed by atoms with Crippen LogP contribution in [-0.2, 0) is 0 Å². The summed E-state index contributed by atoms with van der Waals surface area (Å²) in [5, 5.41) is 6.51. The van der Waals surface area contributed by atoms with Gasteiger partial charge in [-0.1, -0.05) is 32.9 Å². The third-order valence-corrected chi connectivity index (χ3v) is 4.19. The van der Waals surface area contributed by atoms with Crippen LogP contribution < -0.4 is 10.6 Å². The van der Waals surface area contributed by atoms with Gasteiger partial charge in [0, 0.05) is 18.3 Å². The summed E-state index contributed by atoms with van der Waals surface area (Å²) in [5.74, 6) is 0.791. The van der Waals surface area contributed by atoms with E-state index >= 15 is 0 Å². The fraction of sp³-hybridized carbons (Fsp3) is 0.316. The minimum absolute atomic E-state index is 0.193. The first-order chi connectivity index (χ1) is 12.0. The van der Waals surface area contributed by atoms with E-state index in [1.54, 1.807) is 54.4 Å². The van der Waals surface area contributed by atoms with Gasteiger partial charge >= 0.3 is 0 Å². The van der Waals surface area contributed by atoms with Crippen molar-refractivity contribution >= 4 is 29.3 Å². The number of nitrogens with zero attached hydrogens (tertiary/aromatic N) is 1. The number of pyridine rings is 1. The maximum absolute atomic E-state index is 12.5. The molecule has 1 aromatic heterocycles. The first kappa shape index (κ1) is 19.0. The van der Waals surface area contributed by atoms with E-state index in [0.717, 1.165) is 10.8 Å². The average Bonchev–Trinajstić information content (AvgIpc) is 2.60. The number of carbonyl (C=O) groups excluding carboxylic acids is 2. The molecule has 0 aliphatic carbocycles. The van der Waals surface area contributed by atoms with Crippen LogP contribution in [0.25, 0.3) is 0 Å². The van der Waals surface area contributed by atoms with Gasteiger partial charge in [0.25, 0.3) is 11.8 Å². The number of anilines is 1. The Morgan fingerprint density at radius 3 is 2.64 bits per heavy atom. The number of benzene rings is 1. The normalized spacial score (nSPS) is 10.6. The molecule has 2 amide bonds. The Balaban J connectivity index is 2.16. The molecule has 5 nitrogen and oxygen atoms in total. The van der Waals surface area contributed by atoms with Gasteiger partial charge in [0.1, 0.15) is 0 Å². The van der Waals surface area contributed by atoms with Gasteiger partial charge in [-0.15, -0.1) is 11.8 Å². The zero-order chi connectivity index (χ0) is 18.2. The van der Waals surface area contributed by atoms with Crippen LogP contribution in [-0.4, -0.2) is 29.1 Å². The molecule has 0 radical (unpaired) electrons. The second-order valence-electron chi connectivity index (χ2n) is 5.92. The smallest absolute Gasteiger partial charge is 0.255 e. The molecule has 6 heteroatoms. The van der Waals surface area contributed by atoms with Gasteiger partial charge in [-0.05, 0) is 35.9 Å². The lowest BCUT2D eigenvalue weighted by atomic mass is 10.1. The summed E-state index contributed by atoms with van der Waals surface area (Å²) in [6.45, 7) is 6.68. The van der Waals surface area contributed by atoms with E-state index in [1.165, 1.54) is 0 Å². The minimum Gasteiger partial charge on any atom is -0.352 e. The largest absolute Gasteiger partial charge is 0.352 e. The van der Waals surface area contributed by atoms with Crippen LogP contribution in [0.1, 0.15) is 41.5 Å². The number of rotatable bonds is 7. The predicted octanol–water partition coefficient (Wildman–Crippen LogP) is 3.83. The molecule has 2 rings (SSSR count). The van der Waals surface area contributed by atoms with E-state index in [2.05, 4.69) is 15.6 Å². The van der Waals surface area contributed by atoms with E-state index < -0.39 is 0 Å². The van der Waals surface area contributed by atoms with Crippen LogP contribution in [0, 0.1) is 5.92 Å². The third kappa shape index (κ3) is 5.60. The SMILES string of the molecule is CCSc1cc(C(=O)Nc2ccccc2C(=O)NCC(C)C)ccn1. The topological polar surface area (TPSA) is 71.1 Å². The van der Waals surface area contributed by atoms with Gasteiger partial charge in [0.05, 0.1) is 16.3 Å². The molecule has 2 N–H and O–H groups in total. The van der Waals surface area contributed by atoms with E-state index in [4.69, 9.17) is 0 Å². The Morgan fingerprint density at radius 1 is 1.16 bits per heavy atom. The van der Waals surface area contributed by atoms with Crippen LogP contribution >= 0.6 is 11.8 Å². The van der Waals surface area contributed by atoms with Crippen LogP contribution in [0.5, 0.6) is 0 Å². The van der Waals surface area contributed by atoms with Gasteiger partial charge in [0.2, 0.25) is 0 Å². The van der Waals surface area contributed by atoms with Crippen molar-refractivity contribution in [3.05, 3.63) is 53.7 Å². The van der Waals surface area contributed by atoms with Gasteiger partial charge in [-0.3, -0.25) is 9.59 Å². The molecule has 1 aromatic carbocycles. The van der Waals surface area contributed by atoms with Gasteiger partial charge in [-0.2, -0.15) is 0 Å². The van der Waals surface area contributed by atoms with Crippen LogP contribution in [0.3, 0.4) is 0 Å². The maximum atomic E-state index is 12.5. The predicted molar refractivity (Wildman–Crippen MR) is 102 cm³/mol. The number of hydrogen-bond donors (Lipinski definition) is 2. The summed E-state index contributed by atoms with van der Waals surface area (Å²) in [6.07, 6.45) is 1.62. The number of amides is 2. The molecule has 0 atom stereocenters. The molecule has 1 heterocycles. The molecular formula is C19H23N3O2S. The molecule has 25 heavy (non-hydrogen) atoms. The Bertz CT molecular complexity index is 747. The van der Waals surface area contributed by atoms with Crippen molar-refractivity contribution in [3.63, 3.8) is 0 Å². The van der Waals surface area contributed by atoms with Crippen molar-refractivity contribution < 1.29 is 9.59 Å². The van der Waals surface area contributed by atoms with Crippen molar-refractivity contribution in [2.24, 2.45) is 5.92 Å². The molecule has 0 spiro atoms. The zero-order valence-electron chi connectivity index (χ0n) is 14.7. The van der Waals surface area contributed by atoms with E-state index in [-0.39, 0.29) is 11.8 Å². The zero-order valence-corrected chi connectivity index (χ0v) is 15.5. The quantitative estimate of drug-likeness (QED) is 0.739. The Kier molecular flexibility index (Phi) is 7.01. The number of carbonyl (C=O) groups is 2. The van der Waals surface area contributed by atoms with Gasteiger partial charge in [-0.25, -0.2) is 4.98 Å². The average molecular weight is 357 g/mol. The lowest BCUT2D eigenvalue weighted by Crippen LogP contribution is -2.28. The van der Waals surface area contributed by atoms with Crippen molar-refractivity contribution in [3.8, 4) is 0 Å². The Morgan fingerprint density at radius 2 is 1.92 bits per heavy atom. The molecule has 132 valence electrons. The van der Waals surface area contributed by atoms with Crippen molar-refractivity contribution in [1.29, 1.82) is 0 Å². The molecule has 0 saturated heterocycles. The summed E-state index contributed by atoms with van der Waals surface area (Å²) < 4.78 is 0. The molecule has 0 bridgehead atoms. The highest BCUT2D eigenvalue weighted by atomic mass is 32.2. The van der Waals surface area contributed by atoms with Crippen LogP contribution in [0.15, 0.2) is 47.6 Å². The third-order valence-electron chi connectivity index (χ3n) is 3.38. The van der Waals surface area contributed by atoms with Crippen molar-refractivity contribution in [2.45, 2.75) is 25.8 Å². The first-order valence-corrected chi connectivity index (χ1v) is 9.27.